The summed E-state index contributed by atoms with van der Waals surface area (Å²) in [5.74, 6) is -1.30. The third kappa shape index (κ3) is 39.3. The quantitative estimate of drug-likeness (QED) is 0.0323. The van der Waals surface area contributed by atoms with E-state index in [9.17, 15) is 19.5 Å². The Kier molecular flexibility index (Phi) is 40.9. The highest BCUT2D eigenvalue weighted by Crippen LogP contribution is 2.15. The Bertz CT molecular complexity index is 1060. The first-order chi connectivity index (χ1) is 27.4. The topological polar surface area (TPSA) is 119 Å². The van der Waals surface area contributed by atoms with Gasteiger partial charge in [0.15, 0.2) is 0 Å². The monoisotopic (exact) mass is 783 g/mol. The molecule has 322 valence electrons. The van der Waals surface area contributed by atoms with Crippen LogP contribution in [0.25, 0.3) is 0 Å². The van der Waals surface area contributed by atoms with Gasteiger partial charge in [0.2, 0.25) is 5.91 Å². The van der Waals surface area contributed by atoms with Gasteiger partial charge < -0.3 is 20.9 Å². The largest absolute Gasteiger partial charge is 0.480 e. The molecule has 0 radical (unpaired) electrons. The Labute approximate surface area is 344 Å². The summed E-state index contributed by atoms with van der Waals surface area (Å²) in [5.41, 5.74) is 5.48. The molecule has 7 nitrogen and oxygen atoms in total. The smallest absolute Gasteiger partial charge is 0.326 e. The molecule has 0 aliphatic carbocycles. The lowest BCUT2D eigenvalue weighted by atomic mass is 10.0. The predicted molar refractivity (Wildman–Crippen MR) is 239 cm³/mol. The number of esters is 1. The normalized spacial score (nSPS) is 13.2. The van der Waals surface area contributed by atoms with Crippen LogP contribution in [0.1, 0.15) is 213 Å². The van der Waals surface area contributed by atoms with Gasteiger partial charge in [0.05, 0.1) is 0 Å². The SMILES string of the molecule is CCCCC/C=C\C/C=C\C(CCCCCCCCC(=O)NC(CCCN)C(=O)O)OC(=O)CCCCCCCC/C=C\C/C=C\C/C=C\CCCCCCC. The van der Waals surface area contributed by atoms with Crippen LogP contribution in [0.15, 0.2) is 60.8 Å². The van der Waals surface area contributed by atoms with Crippen molar-refractivity contribution in [2.24, 2.45) is 5.73 Å². The maximum Gasteiger partial charge on any atom is 0.326 e. The molecule has 0 aromatic heterocycles. The van der Waals surface area contributed by atoms with Crippen molar-refractivity contribution in [3.63, 3.8) is 0 Å². The third-order valence-corrected chi connectivity index (χ3v) is 10.0. The zero-order chi connectivity index (χ0) is 41.0. The van der Waals surface area contributed by atoms with Gasteiger partial charge in [0.25, 0.3) is 0 Å². The minimum atomic E-state index is -1.01. The summed E-state index contributed by atoms with van der Waals surface area (Å²) in [5, 5.41) is 11.9. The molecule has 0 fully saturated rings. The molecule has 0 saturated heterocycles. The summed E-state index contributed by atoms with van der Waals surface area (Å²) in [6.07, 6.45) is 54.4. The van der Waals surface area contributed by atoms with E-state index >= 15 is 0 Å². The van der Waals surface area contributed by atoms with Crippen LogP contribution in [0.4, 0.5) is 0 Å². The molecular weight excluding hydrogens is 697 g/mol. The van der Waals surface area contributed by atoms with Crippen molar-refractivity contribution in [1.82, 2.24) is 5.32 Å². The highest BCUT2D eigenvalue weighted by atomic mass is 16.5. The molecule has 2 atom stereocenters. The fourth-order valence-electron chi connectivity index (χ4n) is 6.52. The molecular formula is C49H86N2O5. The molecule has 0 saturated carbocycles. The van der Waals surface area contributed by atoms with E-state index in [1.165, 1.54) is 83.5 Å². The first-order valence-corrected chi connectivity index (χ1v) is 23.1. The molecule has 56 heavy (non-hydrogen) atoms. The number of rotatable bonds is 41. The number of nitrogens with one attached hydrogen (secondary N) is 1. The minimum absolute atomic E-state index is 0.0887. The standard InChI is InChI=1S/C49H86N2O5/c1-3-5-7-9-11-13-14-15-16-17-18-19-20-21-22-23-24-25-27-33-37-43-48(53)56-45(39-34-30-26-12-10-8-6-4-2)40-35-31-28-29-32-36-42-47(52)51-46(49(54)55)41-38-44-50/h12,14-15,17-18,20-21,26,34,39,45-46H,3-11,13,16,19,22-25,27-33,35-38,40-44,50H2,1-2H3,(H,51,52)(H,54,55)/b15-14-,18-17-,21-20-,26-12-,39-34-. The molecule has 0 heterocycles. The van der Waals surface area contributed by atoms with E-state index < -0.39 is 12.0 Å². The van der Waals surface area contributed by atoms with Gasteiger partial charge in [0, 0.05) is 12.8 Å². The molecule has 0 aliphatic rings. The van der Waals surface area contributed by atoms with E-state index in [0.29, 0.717) is 32.2 Å². The number of carbonyl (C=O) groups excluding carboxylic acids is 2. The number of aliphatic carboxylic acids is 1. The van der Waals surface area contributed by atoms with Gasteiger partial charge in [-0.1, -0.05) is 158 Å². The lowest BCUT2D eigenvalue weighted by Crippen LogP contribution is -2.40. The molecule has 0 spiro atoms. The second-order valence-electron chi connectivity index (χ2n) is 15.5. The number of ether oxygens (including phenoxy) is 1. The number of nitrogens with two attached hydrogens (primary N) is 1. The van der Waals surface area contributed by atoms with Crippen LogP contribution in [0.2, 0.25) is 0 Å². The minimum Gasteiger partial charge on any atom is -0.480 e. The predicted octanol–water partition coefficient (Wildman–Crippen LogP) is 13.3. The Morgan fingerprint density at radius 2 is 0.982 bits per heavy atom. The number of amides is 1. The lowest BCUT2D eigenvalue weighted by Gasteiger charge is -2.15. The van der Waals surface area contributed by atoms with Crippen LogP contribution in [0.5, 0.6) is 0 Å². The van der Waals surface area contributed by atoms with E-state index in [1.54, 1.807) is 0 Å². The fraction of sp³-hybridized carbons (Fsp3) is 0.735. The summed E-state index contributed by atoms with van der Waals surface area (Å²) in [6, 6.07) is -0.859. The maximum absolute atomic E-state index is 12.8. The molecule has 7 heteroatoms. The van der Waals surface area contributed by atoms with Crippen molar-refractivity contribution < 1.29 is 24.2 Å². The van der Waals surface area contributed by atoms with Gasteiger partial charge in [-0.15, -0.1) is 0 Å². The van der Waals surface area contributed by atoms with Crippen LogP contribution < -0.4 is 11.1 Å². The second kappa shape index (κ2) is 43.2. The number of carboxylic acids is 1. The summed E-state index contributed by atoms with van der Waals surface area (Å²) in [4.78, 5) is 36.3. The van der Waals surface area contributed by atoms with Crippen LogP contribution in [0.3, 0.4) is 0 Å². The van der Waals surface area contributed by atoms with E-state index in [2.05, 4.69) is 79.9 Å². The molecule has 0 aromatic carbocycles. The Hall–Kier alpha value is -2.93. The van der Waals surface area contributed by atoms with Crippen molar-refractivity contribution in [2.45, 2.75) is 225 Å². The van der Waals surface area contributed by atoms with Crippen molar-refractivity contribution in [3.05, 3.63) is 60.8 Å². The van der Waals surface area contributed by atoms with Crippen LogP contribution >= 0.6 is 0 Å². The molecule has 0 bridgehead atoms. The molecule has 4 N–H and O–H groups in total. The van der Waals surface area contributed by atoms with E-state index in [-0.39, 0.29) is 18.0 Å². The second-order valence-corrected chi connectivity index (χ2v) is 15.5. The number of unbranched alkanes of at least 4 members (excludes halogenated alkanes) is 19. The van der Waals surface area contributed by atoms with Crippen molar-refractivity contribution >= 4 is 17.8 Å². The lowest BCUT2D eigenvalue weighted by molar-refractivity contribution is -0.147. The average Bonchev–Trinajstić information content (AvgIpc) is 3.18. The number of carbonyl (C=O) groups is 3. The molecule has 0 aliphatic heterocycles. The van der Waals surface area contributed by atoms with Gasteiger partial charge >= 0.3 is 11.9 Å². The molecule has 2 unspecified atom stereocenters. The summed E-state index contributed by atoms with van der Waals surface area (Å²) >= 11 is 0. The zero-order valence-electron chi connectivity index (χ0n) is 36.2. The summed E-state index contributed by atoms with van der Waals surface area (Å²) in [6.45, 7) is 4.89. The Balaban J connectivity index is 4.22. The average molecular weight is 783 g/mol. The fourth-order valence-corrected chi connectivity index (χ4v) is 6.52. The Morgan fingerprint density at radius 3 is 1.54 bits per heavy atom. The maximum atomic E-state index is 12.8. The van der Waals surface area contributed by atoms with E-state index in [4.69, 9.17) is 10.5 Å². The van der Waals surface area contributed by atoms with E-state index in [0.717, 1.165) is 89.9 Å². The third-order valence-electron chi connectivity index (χ3n) is 10.0. The number of carboxylic acid groups (broad SMARTS) is 1. The van der Waals surface area contributed by atoms with Crippen molar-refractivity contribution in [2.75, 3.05) is 6.54 Å². The summed E-state index contributed by atoms with van der Waals surface area (Å²) in [7, 11) is 0. The summed E-state index contributed by atoms with van der Waals surface area (Å²) < 4.78 is 5.94. The van der Waals surface area contributed by atoms with Gasteiger partial charge in [0.1, 0.15) is 12.1 Å². The zero-order valence-corrected chi connectivity index (χ0v) is 36.2. The van der Waals surface area contributed by atoms with Crippen LogP contribution in [0, 0.1) is 0 Å². The van der Waals surface area contributed by atoms with Gasteiger partial charge in [-0.2, -0.15) is 0 Å². The van der Waals surface area contributed by atoms with E-state index in [1.807, 2.05) is 0 Å². The molecule has 0 aromatic rings. The van der Waals surface area contributed by atoms with Crippen LogP contribution in [-0.2, 0) is 19.1 Å². The van der Waals surface area contributed by atoms with Gasteiger partial charge in [-0.25, -0.2) is 4.79 Å². The number of hydrogen-bond acceptors (Lipinski definition) is 5. The highest BCUT2D eigenvalue weighted by Gasteiger charge is 2.18. The van der Waals surface area contributed by atoms with Gasteiger partial charge in [-0.05, 0) is 109 Å². The first-order valence-electron chi connectivity index (χ1n) is 23.1. The highest BCUT2D eigenvalue weighted by molar-refractivity contribution is 5.83. The van der Waals surface area contributed by atoms with Crippen molar-refractivity contribution in [3.8, 4) is 0 Å². The molecule has 0 rings (SSSR count). The van der Waals surface area contributed by atoms with Crippen LogP contribution in [-0.4, -0.2) is 41.6 Å². The van der Waals surface area contributed by atoms with Gasteiger partial charge in [-0.3, -0.25) is 9.59 Å². The number of allylic oxidation sites excluding steroid dienone is 9. The first kappa shape index (κ1) is 53.1. The number of hydrogen-bond donors (Lipinski definition) is 3. The Morgan fingerprint density at radius 1 is 0.536 bits per heavy atom. The molecule has 1 amide bonds. The van der Waals surface area contributed by atoms with Crippen molar-refractivity contribution in [1.29, 1.82) is 0 Å².